The summed E-state index contributed by atoms with van der Waals surface area (Å²) in [6.45, 7) is 11.7. The minimum Gasteiger partial charge on any atom is -0.0651 e. The number of hydrogen-bond acceptors (Lipinski definition) is 0. The highest BCUT2D eigenvalue weighted by Crippen LogP contribution is 2.28. The van der Waals surface area contributed by atoms with Crippen LogP contribution in [0.2, 0.25) is 0 Å². The second-order valence-electron chi connectivity index (χ2n) is 3.89. The van der Waals surface area contributed by atoms with E-state index in [0.717, 1.165) is 17.8 Å². The lowest BCUT2D eigenvalue weighted by atomic mass is 9.79. The Balaban J connectivity index is 3.98. The summed E-state index contributed by atoms with van der Waals surface area (Å²) in [4.78, 5) is 0. The minimum absolute atomic E-state index is 0.866. The van der Waals surface area contributed by atoms with Crippen molar-refractivity contribution < 1.29 is 0 Å². The lowest BCUT2D eigenvalue weighted by molar-refractivity contribution is 0.232. The Morgan fingerprint density at radius 3 is 1.36 bits per heavy atom. The van der Waals surface area contributed by atoms with Gasteiger partial charge in [-0.15, -0.1) is 0 Å². The molecular formula is C11H24. The minimum atomic E-state index is 0.866. The van der Waals surface area contributed by atoms with Crippen molar-refractivity contribution in [1.29, 1.82) is 0 Å². The van der Waals surface area contributed by atoms with Crippen LogP contribution in [0, 0.1) is 17.8 Å². The molecular weight excluding hydrogens is 132 g/mol. The fourth-order valence-corrected chi connectivity index (χ4v) is 2.24. The van der Waals surface area contributed by atoms with Gasteiger partial charge in [0.15, 0.2) is 0 Å². The quantitative estimate of drug-likeness (QED) is 0.562. The summed E-state index contributed by atoms with van der Waals surface area (Å²) >= 11 is 0. The molecule has 0 aliphatic carbocycles. The van der Waals surface area contributed by atoms with Gasteiger partial charge in [-0.1, -0.05) is 53.9 Å². The average molecular weight is 156 g/mol. The van der Waals surface area contributed by atoms with Crippen LogP contribution in [0.5, 0.6) is 0 Å². The maximum atomic E-state index is 2.35. The van der Waals surface area contributed by atoms with E-state index in [1.54, 1.807) is 0 Å². The fourth-order valence-electron chi connectivity index (χ4n) is 2.24. The topological polar surface area (TPSA) is 0 Å². The number of rotatable bonds is 5. The third-order valence-corrected chi connectivity index (χ3v) is 2.98. The van der Waals surface area contributed by atoms with Gasteiger partial charge in [-0.2, -0.15) is 0 Å². The maximum absolute atomic E-state index is 2.35. The third kappa shape index (κ3) is 3.27. The van der Waals surface area contributed by atoms with Crippen molar-refractivity contribution in [3.8, 4) is 0 Å². The summed E-state index contributed by atoms with van der Waals surface area (Å²) in [5, 5.41) is 0. The van der Waals surface area contributed by atoms with Crippen molar-refractivity contribution in [3.63, 3.8) is 0 Å². The van der Waals surface area contributed by atoms with E-state index in [0.29, 0.717) is 0 Å². The molecule has 0 heteroatoms. The molecule has 0 aromatic rings. The Morgan fingerprint density at radius 1 is 0.818 bits per heavy atom. The summed E-state index contributed by atoms with van der Waals surface area (Å²) < 4.78 is 0. The smallest absolute Gasteiger partial charge is 0.0365 e. The van der Waals surface area contributed by atoms with Crippen molar-refractivity contribution in [2.75, 3.05) is 0 Å². The summed E-state index contributed by atoms with van der Waals surface area (Å²) in [6, 6.07) is 0. The highest BCUT2D eigenvalue weighted by Gasteiger charge is 2.19. The molecule has 0 aliphatic heterocycles. The van der Waals surface area contributed by atoms with Crippen molar-refractivity contribution in [1.82, 2.24) is 0 Å². The molecule has 0 spiro atoms. The maximum Gasteiger partial charge on any atom is -0.0365 e. The van der Waals surface area contributed by atoms with E-state index in [1.807, 2.05) is 0 Å². The van der Waals surface area contributed by atoms with Crippen LogP contribution in [-0.4, -0.2) is 0 Å². The zero-order valence-electron chi connectivity index (χ0n) is 8.85. The molecule has 0 saturated carbocycles. The van der Waals surface area contributed by atoms with E-state index in [1.165, 1.54) is 19.3 Å². The average Bonchev–Trinajstić information content (AvgIpc) is 1.99. The zero-order chi connectivity index (χ0) is 8.85. The first-order valence-electron chi connectivity index (χ1n) is 5.17. The van der Waals surface area contributed by atoms with Crippen LogP contribution in [0.25, 0.3) is 0 Å². The van der Waals surface area contributed by atoms with Crippen LogP contribution < -0.4 is 0 Å². The van der Waals surface area contributed by atoms with E-state index < -0.39 is 0 Å². The van der Waals surface area contributed by atoms with E-state index in [4.69, 9.17) is 0 Å². The van der Waals surface area contributed by atoms with E-state index in [2.05, 4.69) is 34.6 Å². The zero-order valence-corrected chi connectivity index (χ0v) is 8.85. The summed E-state index contributed by atoms with van der Waals surface area (Å²) in [5.41, 5.74) is 0. The van der Waals surface area contributed by atoms with E-state index in [9.17, 15) is 0 Å². The van der Waals surface area contributed by atoms with Gasteiger partial charge in [-0.3, -0.25) is 0 Å². The lowest BCUT2D eigenvalue weighted by Gasteiger charge is -2.27. The van der Waals surface area contributed by atoms with Gasteiger partial charge in [-0.25, -0.2) is 0 Å². The van der Waals surface area contributed by atoms with Gasteiger partial charge < -0.3 is 0 Å². The molecule has 0 amide bonds. The van der Waals surface area contributed by atoms with Crippen LogP contribution in [-0.2, 0) is 0 Å². The van der Waals surface area contributed by atoms with Gasteiger partial charge in [0.25, 0.3) is 0 Å². The standard InChI is InChI=1S/C11H24/c1-6-10(7-2)11(8-3)9(4)5/h9-11H,6-8H2,1-5H3. The van der Waals surface area contributed by atoms with Crippen LogP contribution in [0.3, 0.4) is 0 Å². The first kappa shape index (κ1) is 11.0. The molecule has 0 saturated heterocycles. The highest BCUT2D eigenvalue weighted by molar-refractivity contribution is 4.69. The molecule has 0 radical (unpaired) electrons. The molecule has 0 aromatic carbocycles. The second-order valence-corrected chi connectivity index (χ2v) is 3.89. The van der Waals surface area contributed by atoms with Crippen molar-refractivity contribution in [2.45, 2.75) is 53.9 Å². The van der Waals surface area contributed by atoms with Crippen LogP contribution in [0.15, 0.2) is 0 Å². The highest BCUT2D eigenvalue weighted by atomic mass is 14.2. The predicted molar refractivity (Wildman–Crippen MR) is 52.7 cm³/mol. The van der Waals surface area contributed by atoms with Crippen LogP contribution in [0.1, 0.15) is 53.9 Å². The molecule has 0 aromatic heterocycles. The molecule has 0 aliphatic rings. The predicted octanol–water partition coefficient (Wildman–Crippen LogP) is 4.10. The van der Waals surface area contributed by atoms with Gasteiger partial charge in [0.2, 0.25) is 0 Å². The number of hydrogen-bond donors (Lipinski definition) is 0. The molecule has 0 fully saturated rings. The largest absolute Gasteiger partial charge is 0.0651 e. The fraction of sp³-hybridized carbons (Fsp3) is 1.00. The van der Waals surface area contributed by atoms with Crippen molar-refractivity contribution >= 4 is 0 Å². The van der Waals surface area contributed by atoms with Gasteiger partial charge in [0.1, 0.15) is 0 Å². The van der Waals surface area contributed by atoms with Gasteiger partial charge in [-0.05, 0) is 17.8 Å². The molecule has 0 nitrogen and oxygen atoms in total. The van der Waals surface area contributed by atoms with Crippen LogP contribution >= 0.6 is 0 Å². The van der Waals surface area contributed by atoms with Gasteiger partial charge in [0.05, 0.1) is 0 Å². The molecule has 1 atom stereocenters. The molecule has 68 valence electrons. The van der Waals surface area contributed by atoms with Crippen LogP contribution in [0.4, 0.5) is 0 Å². The van der Waals surface area contributed by atoms with Crippen molar-refractivity contribution in [3.05, 3.63) is 0 Å². The summed E-state index contributed by atoms with van der Waals surface area (Å²) in [7, 11) is 0. The Morgan fingerprint density at radius 2 is 1.27 bits per heavy atom. The van der Waals surface area contributed by atoms with E-state index in [-0.39, 0.29) is 0 Å². The Bertz CT molecular complexity index is 80.0. The Labute approximate surface area is 72.4 Å². The first-order valence-corrected chi connectivity index (χ1v) is 5.17. The normalized spacial score (nSPS) is 14.5. The molecule has 0 rings (SSSR count). The van der Waals surface area contributed by atoms with Gasteiger partial charge in [0, 0.05) is 0 Å². The monoisotopic (exact) mass is 156 g/mol. The molecule has 0 bridgehead atoms. The van der Waals surface area contributed by atoms with Crippen molar-refractivity contribution in [2.24, 2.45) is 17.8 Å². The third-order valence-electron chi connectivity index (χ3n) is 2.98. The Kier molecular flexibility index (Phi) is 5.62. The summed E-state index contributed by atoms with van der Waals surface area (Å²) in [5.74, 6) is 2.77. The second kappa shape index (κ2) is 5.62. The molecule has 11 heavy (non-hydrogen) atoms. The lowest BCUT2D eigenvalue weighted by Crippen LogP contribution is -2.18. The van der Waals surface area contributed by atoms with E-state index >= 15 is 0 Å². The molecule has 0 heterocycles. The van der Waals surface area contributed by atoms with Gasteiger partial charge >= 0.3 is 0 Å². The molecule has 1 unspecified atom stereocenters. The molecule has 0 N–H and O–H groups in total. The SMILES string of the molecule is CCC(CC)C(CC)C(C)C. The Hall–Kier alpha value is 0. The first-order chi connectivity index (χ1) is 5.17. The summed E-state index contributed by atoms with van der Waals surface area (Å²) in [6.07, 6.45) is 4.06.